The van der Waals surface area contributed by atoms with Gasteiger partial charge in [0.25, 0.3) is 0 Å². The summed E-state index contributed by atoms with van der Waals surface area (Å²) in [6.45, 7) is 12.5. The van der Waals surface area contributed by atoms with Gasteiger partial charge in [0.2, 0.25) is 5.91 Å². The first-order valence-corrected chi connectivity index (χ1v) is 12.5. The van der Waals surface area contributed by atoms with Crippen LogP contribution in [0.25, 0.3) is 0 Å². The molecule has 1 aromatic rings. The zero-order valence-electron chi connectivity index (χ0n) is 15.8. The molecule has 1 amide bonds. The monoisotopic (exact) mass is 401 g/mol. The fraction of sp³-hybridized carbons (Fsp3) is 0.632. The van der Waals surface area contributed by atoms with E-state index >= 15 is 0 Å². The van der Waals surface area contributed by atoms with Crippen LogP contribution >= 0.6 is 23.2 Å². The molecule has 1 heterocycles. The van der Waals surface area contributed by atoms with Crippen LogP contribution in [-0.4, -0.2) is 27.4 Å². The Balaban J connectivity index is 2.35. The van der Waals surface area contributed by atoms with Crippen LogP contribution in [0.5, 0.6) is 0 Å². The largest absolute Gasteiger partial charge is 0.416 e. The number of benzene rings is 1. The summed E-state index contributed by atoms with van der Waals surface area (Å²) >= 11 is 12.4. The van der Waals surface area contributed by atoms with E-state index in [-0.39, 0.29) is 16.4 Å². The second kappa shape index (κ2) is 7.59. The number of carbonyl (C=O) groups is 1. The molecule has 1 aliphatic heterocycles. The van der Waals surface area contributed by atoms with Gasteiger partial charge < -0.3 is 9.74 Å². The minimum Gasteiger partial charge on any atom is -0.416 e. The van der Waals surface area contributed by atoms with E-state index in [2.05, 4.69) is 39.2 Å². The summed E-state index contributed by atoms with van der Waals surface area (Å²) in [7, 11) is -1.89. The SMILES string of the molecule is CC(C)(C)[Si](C)(C)OCC1(c2ccc(Cl)c(Cl)c2)CCNC(=O)CC1. The van der Waals surface area contributed by atoms with Crippen molar-refractivity contribution in [1.82, 2.24) is 5.32 Å². The molecule has 6 heteroatoms. The Labute approximate surface area is 162 Å². The maximum atomic E-state index is 11.9. The van der Waals surface area contributed by atoms with E-state index in [0.29, 0.717) is 29.6 Å². The highest BCUT2D eigenvalue weighted by atomic mass is 35.5. The van der Waals surface area contributed by atoms with Crippen molar-refractivity contribution in [2.75, 3.05) is 13.2 Å². The summed E-state index contributed by atoms with van der Waals surface area (Å²) in [6, 6.07) is 5.81. The third kappa shape index (κ3) is 4.79. The first kappa shape index (κ1) is 20.8. The third-order valence-corrected chi connectivity index (χ3v) is 11.0. The van der Waals surface area contributed by atoms with E-state index in [4.69, 9.17) is 27.6 Å². The van der Waals surface area contributed by atoms with Gasteiger partial charge in [-0.25, -0.2) is 0 Å². The normalized spacial score (nSPS) is 22.4. The molecule has 0 radical (unpaired) electrons. The molecule has 25 heavy (non-hydrogen) atoms. The quantitative estimate of drug-likeness (QED) is 0.671. The molecule has 1 fully saturated rings. The fourth-order valence-electron chi connectivity index (χ4n) is 2.88. The van der Waals surface area contributed by atoms with Crippen molar-refractivity contribution in [2.45, 2.75) is 63.6 Å². The lowest BCUT2D eigenvalue weighted by atomic mass is 9.75. The molecule has 1 saturated heterocycles. The third-order valence-electron chi connectivity index (χ3n) is 5.80. The molecule has 1 unspecified atom stereocenters. The molecule has 0 bridgehead atoms. The summed E-state index contributed by atoms with van der Waals surface area (Å²) in [4.78, 5) is 11.9. The van der Waals surface area contributed by atoms with E-state index in [1.165, 1.54) is 0 Å². The van der Waals surface area contributed by atoms with Gasteiger partial charge in [-0.15, -0.1) is 0 Å². The number of hydrogen-bond acceptors (Lipinski definition) is 2. The molecule has 1 N–H and O–H groups in total. The van der Waals surface area contributed by atoms with E-state index in [0.717, 1.165) is 18.4 Å². The van der Waals surface area contributed by atoms with Crippen molar-refractivity contribution >= 4 is 37.4 Å². The molecule has 1 aromatic carbocycles. The van der Waals surface area contributed by atoms with Crippen molar-refractivity contribution in [3.63, 3.8) is 0 Å². The lowest BCUT2D eigenvalue weighted by Crippen LogP contribution is -2.45. The smallest absolute Gasteiger partial charge is 0.220 e. The van der Waals surface area contributed by atoms with Crippen LogP contribution in [0.2, 0.25) is 28.2 Å². The van der Waals surface area contributed by atoms with Gasteiger partial charge in [0.15, 0.2) is 8.32 Å². The topological polar surface area (TPSA) is 38.3 Å². The Hall–Kier alpha value is -0.553. The van der Waals surface area contributed by atoms with Gasteiger partial charge >= 0.3 is 0 Å². The number of halogens is 2. The zero-order chi connectivity index (χ0) is 18.9. The standard InChI is InChI=1S/C19H29Cl2NO2Si/c1-18(2,3)25(4,5)24-13-19(9-8-17(23)22-11-10-19)14-6-7-15(20)16(21)12-14/h6-7,12H,8-11,13H2,1-5H3,(H,22,23). The number of hydrogen-bond donors (Lipinski definition) is 1. The van der Waals surface area contributed by atoms with E-state index < -0.39 is 8.32 Å². The Kier molecular flexibility index (Phi) is 6.30. The average molecular weight is 402 g/mol. The first-order valence-electron chi connectivity index (χ1n) is 8.83. The minimum absolute atomic E-state index is 0.106. The molecule has 0 aliphatic carbocycles. The molecule has 1 atom stereocenters. The van der Waals surface area contributed by atoms with Gasteiger partial charge in [-0.2, -0.15) is 0 Å². The lowest BCUT2D eigenvalue weighted by Gasteiger charge is -2.41. The number of carbonyl (C=O) groups excluding carboxylic acids is 1. The predicted octanol–water partition coefficient (Wildman–Crippen LogP) is 5.55. The van der Waals surface area contributed by atoms with Gasteiger partial charge in [0.05, 0.1) is 10.0 Å². The van der Waals surface area contributed by atoms with E-state index in [9.17, 15) is 4.79 Å². The summed E-state index contributed by atoms with van der Waals surface area (Å²) < 4.78 is 6.58. The van der Waals surface area contributed by atoms with Crippen LogP contribution in [0.15, 0.2) is 18.2 Å². The summed E-state index contributed by atoms with van der Waals surface area (Å²) in [5.74, 6) is 0.106. The number of amides is 1. The van der Waals surface area contributed by atoms with Crippen molar-refractivity contribution < 1.29 is 9.22 Å². The molecular weight excluding hydrogens is 373 g/mol. The second-order valence-corrected chi connectivity index (χ2v) is 14.2. The minimum atomic E-state index is -1.89. The highest BCUT2D eigenvalue weighted by Crippen LogP contribution is 2.41. The zero-order valence-corrected chi connectivity index (χ0v) is 18.4. The molecular formula is C19H29Cl2NO2Si. The van der Waals surface area contributed by atoms with Crippen LogP contribution < -0.4 is 5.32 Å². The second-order valence-electron chi connectivity index (χ2n) is 8.56. The van der Waals surface area contributed by atoms with E-state index in [1.54, 1.807) is 0 Å². The van der Waals surface area contributed by atoms with Crippen LogP contribution in [0.3, 0.4) is 0 Å². The molecule has 0 saturated carbocycles. The van der Waals surface area contributed by atoms with Gasteiger partial charge in [-0.1, -0.05) is 50.0 Å². The molecule has 140 valence electrons. The molecule has 0 aromatic heterocycles. The van der Waals surface area contributed by atoms with Gasteiger partial charge in [0.1, 0.15) is 0 Å². The Bertz CT molecular complexity index is 643. The predicted molar refractivity (Wildman–Crippen MR) is 108 cm³/mol. The maximum Gasteiger partial charge on any atom is 0.220 e. The number of rotatable bonds is 4. The van der Waals surface area contributed by atoms with Crippen LogP contribution in [0.4, 0.5) is 0 Å². The Morgan fingerprint density at radius 3 is 2.48 bits per heavy atom. The van der Waals surface area contributed by atoms with Crippen LogP contribution in [-0.2, 0) is 14.6 Å². The summed E-state index contributed by atoms with van der Waals surface area (Å²) in [6.07, 6.45) is 2.10. The van der Waals surface area contributed by atoms with Crippen molar-refractivity contribution in [3.8, 4) is 0 Å². The molecule has 0 spiro atoms. The van der Waals surface area contributed by atoms with Crippen molar-refractivity contribution in [3.05, 3.63) is 33.8 Å². The first-order chi connectivity index (χ1) is 11.5. The maximum absolute atomic E-state index is 11.9. The van der Waals surface area contributed by atoms with Gasteiger partial charge in [-0.3, -0.25) is 4.79 Å². The van der Waals surface area contributed by atoms with Crippen LogP contribution in [0.1, 0.15) is 45.6 Å². The average Bonchev–Trinajstić information content (AvgIpc) is 2.70. The summed E-state index contributed by atoms with van der Waals surface area (Å²) in [5.41, 5.74) is 0.889. The Morgan fingerprint density at radius 2 is 1.88 bits per heavy atom. The van der Waals surface area contributed by atoms with Crippen molar-refractivity contribution in [2.24, 2.45) is 0 Å². The van der Waals surface area contributed by atoms with E-state index in [1.807, 2.05) is 18.2 Å². The molecule has 1 aliphatic rings. The fourth-order valence-corrected chi connectivity index (χ4v) is 4.25. The van der Waals surface area contributed by atoms with Crippen LogP contribution in [0, 0.1) is 0 Å². The highest BCUT2D eigenvalue weighted by Gasteiger charge is 2.42. The highest BCUT2D eigenvalue weighted by molar-refractivity contribution is 6.74. The number of nitrogens with one attached hydrogen (secondary N) is 1. The molecule has 2 rings (SSSR count). The summed E-state index contributed by atoms with van der Waals surface area (Å²) in [5, 5.41) is 4.22. The van der Waals surface area contributed by atoms with Gasteiger partial charge in [-0.05, 0) is 48.7 Å². The van der Waals surface area contributed by atoms with Gasteiger partial charge in [0, 0.05) is 25.0 Å². The van der Waals surface area contributed by atoms with Crippen molar-refractivity contribution in [1.29, 1.82) is 0 Å². The molecule has 3 nitrogen and oxygen atoms in total. The lowest BCUT2D eigenvalue weighted by molar-refractivity contribution is -0.120. The Morgan fingerprint density at radius 1 is 1.20 bits per heavy atom.